The number of carbonyl (C=O) groups is 2. The van der Waals surface area contributed by atoms with Crippen molar-refractivity contribution in [2.75, 3.05) is 11.5 Å². The van der Waals surface area contributed by atoms with Crippen molar-refractivity contribution < 1.29 is 23.8 Å². The number of hydrogen-bond acceptors (Lipinski definition) is 6. The Bertz CT molecular complexity index is 1140. The molecular weight excluding hydrogens is 407 g/mol. The maximum absolute atomic E-state index is 14.7. The van der Waals surface area contributed by atoms with Crippen LogP contribution in [0.4, 0.5) is 9.52 Å². The first-order valence-electron chi connectivity index (χ1n) is 9.21. The van der Waals surface area contributed by atoms with Gasteiger partial charge in [0.2, 0.25) is 0 Å². The van der Waals surface area contributed by atoms with E-state index in [1.807, 2.05) is 6.92 Å². The lowest BCUT2D eigenvalue weighted by atomic mass is 9.95. The molecule has 30 heavy (non-hydrogen) atoms. The third kappa shape index (κ3) is 3.35. The summed E-state index contributed by atoms with van der Waals surface area (Å²) in [5.74, 6) is -2.28. The zero-order chi connectivity index (χ0) is 21.3. The third-order valence-electron chi connectivity index (χ3n) is 4.69. The van der Waals surface area contributed by atoms with Crippen LogP contribution in [0.3, 0.4) is 0 Å². The summed E-state index contributed by atoms with van der Waals surface area (Å²) >= 11 is 1.14. The fraction of sp³-hybridized carbons (Fsp3) is 0.136. The molecule has 1 aliphatic heterocycles. The molecule has 152 valence electrons. The standard InChI is InChI=1S/C22H17FN2O4S/c1-2-29-14-7-5-6-13(12-14)19(26)17-18(15-8-3-4-9-16(15)23)25(21(28)20(17)27)22-24-10-11-30-22/h3-12,18,26H,2H2,1H3. The van der Waals surface area contributed by atoms with Gasteiger partial charge in [-0.25, -0.2) is 9.37 Å². The van der Waals surface area contributed by atoms with E-state index >= 15 is 0 Å². The Balaban J connectivity index is 1.93. The first-order chi connectivity index (χ1) is 14.5. The average molecular weight is 424 g/mol. The lowest BCUT2D eigenvalue weighted by Gasteiger charge is -2.23. The number of aliphatic hydroxyl groups excluding tert-OH is 1. The van der Waals surface area contributed by atoms with Gasteiger partial charge in [-0.05, 0) is 25.1 Å². The Morgan fingerprint density at radius 2 is 2.03 bits per heavy atom. The molecule has 2 heterocycles. The van der Waals surface area contributed by atoms with E-state index in [0.29, 0.717) is 17.9 Å². The second kappa shape index (κ2) is 8.08. The van der Waals surface area contributed by atoms with E-state index in [2.05, 4.69) is 4.98 Å². The molecule has 1 amide bonds. The molecule has 1 atom stereocenters. The van der Waals surface area contributed by atoms with Gasteiger partial charge in [0.1, 0.15) is 23.4 Å². The number of aromatic nitrogens is 1. The minimum atomic E-state index is -1.15. The Kier molecular flexibility index (Phi) is 5.33. The predicted octanol–water partition coefficient (Wildman–Crippen LogP) is 4.31. The first kappa shape index (κ1) is 19.8. The molecule has 1 aliphatic rings. The average Bonchev–Trinajstić information content (AvgIpc) is 3.35. The highest BCUT2D eigenvalue weighted by Gasteiger charge is 2.48. The maximum atomic E-state index is 14.7. The molecule has 4 rings (SSSR count). The number of anilines is 1. The fourth-order valence-corrected chi connectivity index (χ4v) is 4.08. The lowest BCUT2D eigenvalue weighted by molar-refractivity contribution is -0.132. The second-order valence-electron chi connectivity index (χ2n) is 6.47. The third-order valence-corrected chi connectivity index (χ3v) is 5.46. The van der Waals surface area contributed by atoms with Gasteiger partial charge >= 0.3 is 5.91 Å². The summed E-state index contributed by atoms with van der Waals surface area (Å²) in [6, 6.07) is 11.2. The Hall–Kier alpha value is -3.52. The number of amides is 1. The Morgan fingerprint density at radius 3 is 2.73 bits per heavy atom. The Labute approximate surface area is 175 Å². The maximum Gasteiger partial charge on any atom is 0.301 e. The number of thiazole rings is 1. The highest BCUT2D eigenvalue weighted by atomic mass is 32.1. The van der Waals surface area contributed by atoms with E-state index in [1.165, 1.54) is 24.4 Å². The van der Waals surface area contributed by atoms with Crippen LogP contribution >= 0.6 is 11.3 Å². The molecule has 0 bridgehead atoms. The zero-order valence-corrected chi connectivity index (χ0v) is 16.7. The minimum Gasteiger partial charge on any atom is -0.507 e. The van der Waals surface area contributed by atoms with Crippen LogP contribution in [0.25, 0.3) is 5.76 Å². The Morgan fingerprint density at radius 1 is 1.23 bits per heavy atom. The van der Waals surface area contributed by atoms with Gasteiger partial charge in [-0.1, -0.05) is 30.3 Å². The molecule has 1 fully saturated rings. The van der Waals surface area contributed by atoms with Gasteiger partial charge in [-0.2, -0.15) is 0 Å². The van der Waals surface area contributed by atoms with E-state index in [-0.39, 0.29) is 16.3 Å². The van der Waals surface area contributed by atoms with Gasteiger partial charge < -0.3 is 9.84 Å². The van der Waals surface area contributed by atoms with Crippen molar-refractivity contribution in [1.82, 2.24) is 4.98 Å². The second-order valence-corrected chi connectivity index (χ2v) is 7.34. The number of nitrogens with zero attached hydrogens (tertiary/aromatic N) is 2. The van der Waals surface area contributed by atoms with Crippen LogP contribution in [0, 0.1) is 5.82 Å². The number of rotatable bonds is 5. The van der Waals surface area contributed by atoms with Crippen LogP contribution in [0.5, 0.6) is 5.75 Å². The molecule has 0 aliphatic carbocycles. The molecule has 8 heteroatoms. The van der Waals surface area contributed by atoms with Crippen LogP contribution in [0.15, 0.2) is 65.7 Å². The van der Waals surface area contributed by atoms with Crippen LogP contribution in [0.1, 0.15) is 24.1 Å². The first-order valence-corrected chi connectivity index (χ1v) is 10.1. The fourth-order valence-electron chi connectivity index (χ4n) is 3.41. The lowest BCUT2D eigenvalue weighted by Crippen LogP contribution is -2.29. The SMILES string of the molecule is CCOc1cccc(C(O)=C2C(=O)C(=O)N(c3nccs3)C2c2ccccc2F)c1. The van der Waals surface area contributed by atoms with E-state index in [1.54, 1.807) is 35.7 Å². The van der Waals surface area contributed by atoms with Crippen LogP contribution in [-0.4, -0.2) is 28.4 Å². The molecule has 2 aromatic carbocycles. The van der Waals surface area contributed by atoms with Crippen LogP contribution < -0.4 is 9.64 Å². The van der Waals surface area contributed by atoms with Crippen molar-refractivity contribution in [1.29, 1.82) is 0 Å². The van der Waals surface area contributed by atoms with Crippen molar-refractivity contribution in [2.24, 2.45) is 0 Å². The summed E-state index contributed by atoms with van der Waals surface area (Å²) in [4.78, 5) is 31.1. The summed E-state index contributed by atoms with van der Waals surface area (Å²) < 4.78 is 20.2. The topological polar surface area (TPSA) is 79.7 Å². The van der Waals surface area contributed by atoms with Gasteiger partial charge in [0.15, 0.2) is 5.13 Å². The van der Waals surface area contributed by atoms with Gasteiger partial charge in [0.25, 0.3) is 5.78 Å². The van der Waals surface area contributed by atoms with Crippen molar-refractivity contribution in [2.45, 2.75) is 13.0 Å². The number of aliphatic hydroxyl groups is 1. The number of hydrogen-bond donors (Lipinski definition) is 1. The minimum absolute atomic E-state index is 0.0920. The van der Waals surface area contributed by atoms with Crippen molar-refractivity contribution in [3.8, 4) is 5.75 Å². The predicted molar refractivity (Wildman–Crippen MR) is 111 cm³/mol. The highest BCUT2D eigenvalue weighted by molar-refractivity contribution is 7.14. The number of carbonyl (C=O) groups excluding carboxylic acids is 2. The largest absolute Gasteiger partial charge is 0.507 e. The molecule has 1 unspecified atom stereocenters. The number of benzene rings is 2. The van der Waals surface area contributed by atoms with E-state index < -0.39 is 29.3 Å². The molecule has 6 nitrogen and oxygen atoms in total. The molecule has 1 saturated heterocycles. The number of halogens is 1. The van der Waals surface area contributed by atoms with Gasteiger partial charge in [0, 0.05) is 22.7 Å². The molecule has 0 radical (unpaired) electrons. The summed E-state index contributed by atoms with van der Waals surface area (Å²) in [5, 5.41) is 12.9. The summed E-state index contributed by atoms with van der Waals surface area (Å²) in [6.07, 6.45) is 1.49. The van der Waals surface area contributed by atoms with Crippen LogP contribution in [0.2, 0.25) is 0 Å². The number of ketones is 1. The molecular formula is C22H17FN2O4S. The zero-order valence-electron chi connectivity index (χ0n) is 15.9. The smallest absolute Gasteiger partial charge is 0.301 e. The summed E-state index contributed by atoms with van der Waals surface area (Å²) in [7, 11) is 0. The summed E-state index contributed by atoms with van der Waals surface area (Å²) in [6.45, 7) is 2.25. The monoisotopic (exact) mass is 424 g/mol. The van der Waals surface area contributed by atoms with Gasteiger partial charge in [0.05, 0.1) is 12.2 Å². The normalized spacial score (nSPS) is 18.1. The quantitative estimate of drug-likeness (QED) is 0.375. The molecule has 0 spiro atoms. The summed E-state index contributed by atoms with van der Waals surface area (Å²) in [5.41, 5.74) is 0.183. The number of Topliss-reactive ketones (excluding diaryl/α,β-unsaturated/α-hetero) is 1. The van der Waals surface area contributed by atoms with Gasteiger partial charge in [-0.3, -0.25) is 14.5 Å². The van der Waals surface area contributed by atoms with E-state index in [0.717, 1.165) is 16.2 Å². The van der Waals surface area contributed by atoms with Crippen molar-refractivity contribution >= 4 is 33.9 Å². The number of ether oxygens (including phenoxy) is 1. The molecule has 0 saturated carbocycles. The van der Waals surface area contributed by atoms with Crippen LogP contribution in [-0.2, 0) is 9.59 Å². The molecule has 1 aromatic heterocycles. The van der Waals surface area contributed by atoms with Gasteiger partial charge in [-0.15, -0.1) is 11.3 Å². The molecule has 3 aromatic rings. The highest BCUT2D eigenvalue weighted by Crippen LogP contribution is 2.43. The van der Waals surface area contributed by atoms with E-state index in [9.17, 15) is 19.1 Å². The molecule has 1 N–H and O–H groups in total. The van der Waals surface area contributed by atoms with Crippen molar-refractivity contribution in [3.63, 3.8) is 0 Å². The van der Waals surface area contributed by atoms with E-state index in [4.69, 9.17) is 4.74 Å². The van der Waals surface area contributed by atoms with Crippen molar-refractivity contribution in [3.05, 3.63) is 82.6 Å².